The minimum Gasteiger partial charge on any atom is -0.406 e. The number of rotatable bonds is 4. The lowest BCUT2D eigenvalue weighted by atomic mass is 9.91. The topological polar surface area (TPSA) is 71.1 Å². The summed E-state index contributed by atoms with van der Waals surface area (Å²) in [6, 6.07) is 8.65. The van der Waals surface area contributed by atoms with Crippen LogP contribution in [0, 0.1) is 5.92 Å². The second-order valence-electron chi connectivity index (χ2n) is 7.24. The Morgan fingerprint density at radius 3 is 2.84 bits per heavy atom. The Hall–Kier alpha value is -1.19. The quantitative estimate of drug-likeness (QED) is 0.795. The van der Waals surface area contributed by atoms with Gasteiger partial charge in [-0.15, -0.1) is 5.48 Å². The van der Waals surface area contributed by atoms with Crippen LogP contribution in [-0.2, 0) is 14.3 Å². The Morgan fingerprint density at radius 1 is 1.20 bits per heavy atom. The Balaban J connectivity index is 1.35. The molecular weight excluding hydrogens is 342 g/mol. The summed E-state index contributed by atoms with van der Waals surface area (Å²) >= 11 is 0. The van der Waals surface area contributed by atoms with Crippen LogP contribution in [0.15, 0.2) is 24.3 Å². The number of nitrogens with zero attached hydrogens (tertiary/aromatic N) is 2. The Kier molecular flexibility index (Phi) is 4.72. The zero-order valence-corrected chi connectivity index (χ0v) is 15.2. The highest BCUT2D eigenvalue weighted by atomic mass is 32.2. The first kappa shape index (κ1) is 17.2. The van der Waals surface area contributed by atoms with Gasteiger partial charge in [0, 0.05) is 37.8 Å². The number of piperazine rings is 1. The molecule has 4 rings (SSSR count). The van der Waals surface area contributed by atoms with E-state index in [9.17, 15) is 8.42 Å². The molecule has 0 aliphatic carbocycles. The van der Waals surface area contributed by atoms with E-state index in [-0.39, 0.29) is 6.17 Å². The normalized spacial score (nSPS) is 30.5. The van der Waals surface area contributed by atoms with Crippen LogP contribution in [0.25, 0.3) is 0 Å². The lowest BCUT2D eigenvalue weighted by Crippen LogP contribution is -2.58. The highest BCUT2D eigenvalue weighted by molar-refractivity contribution is 7.85. The van der Waals surface area contributed by atoms with Gasteiger partial charge in [-0.25, -0.2) is 0 Å². The van der Waals surface area contributed by atoms with E-state index in [0.717, 1.165) is 51.0 Å². The standard InChI is InChI=1S/C17H25N3O4S/c1-25(21,22)23-12-13-6-7-14-11-20(9-8-19(14)10-13)17-15-4-2-3-5-16(15)24-18-17/h2-5,13-14,17-18H,6-12H2,1H3/t13-,14+,17?/m1/s1. The van der Waals surface area contributed by atoms with Gasteiger partial charge in [0.25, 0.3) is 10.1 Å². The van der Waals surface area contributed by atoms with Gasteiger partial charge in [0.15, 0.2) is 5.75 Å². The molecule has 0 aromatic heterocycles. The van der Waals surface area contributed by atoms with Crippen molar-refractivity contribution in [1.82, 2.24) is 15.3 Å². The molecule has 0 amide bonds. The van der Waals surface area contributed by atoms with Gasteiger partial charge in [-0.2, -0.15) is 8.42 Å². The molecule has 3 aliphatic heterocycles. The van der Waals surface area contributed by atoms with Crippen LogP contribution in [0.5, 0.6) is 5.75 Å². The molecule has 1 aromatic carbocycles. The molecular formula is C17H25N3O4S. The summed E-state index contributed by atoms with van der Waals surface area (Å²) in [4.78, 5) is 10.5. The Labute approximate surface area is 149 Å². The predicted molar refractivity (Wildman–Crippen MR) is 93.4 cm³/mol. The molecule has 0 radical (unpaired) electrons. The summed E-state index contributed by atoms with van der Waals surface area (Å²) in [5.74, 6) is 1.21. The molecule has 138 valence electrons. The second-order valence-corrected chi connectivity index (χ2v) is 8.88. The first-order valence-corrected chi connectivity index (χ1v) is 10.6. The van der Waals surface area contributed by atoms with Crippen molar-refractivity contribution in [2.75, 3.05) is 39.0 Å². The number of hydroxylamine groups is 1. The van der Waals surface area contributed by atoms with Gasteiger partial charge in [0.2, 0.25) is 0 Å². The number of nitrogens with one attached hydrogen (secondary N) is 1. The molecule has 3 heterocycles. The summed E-state index contributed by atoms with van der Waals surface area (Å²) in [6.07, 6.45) is 3.31. The van der Waals surface area contributed by atoms with Gasteiger partial charge in [0.1, 0.15) is 6.17 Å². The molecule has 2 fully saturated rings. The molecule has 7 nitrogen and oxygen atoms in total. The van der Waals surface area contributed by atoms with E-state index in [1.54, 1.807) is 0 Å². The van der Waals surface area contributed by atoms with Gasteiger partial charge in [-0.3, -0.25) is 14.0 Å². The van der Waals surface area contributed by atoms with Crippen molar-refractivity contribution < 1.29 is 17.4 Å². The lowest BCUT2D eigenvalue weighted by molar-refractivity contribution is -0.0186. The van der Waals surface area contributed by atoms with Crippen LogP contribution in [0.1, 0.15) is 24.6 Å². The van der Waals surface area contributed by atoms with Crippen molar-refractivity contribution >= 4 is 10.1 Å². The largest absolute Gasteiger partial charge is 0.406 e. The molecule has 0 saturated carbocycles. The lowest BCUT2D eigenvalue weighted by Gasteiger charge is -2.47. The van der Waals surface area contributed by atoms with Crippen LogP contribution in [0.2, 0.25) is 0 Å². The van der Waals surface area contributed by atoms with E-state index in [1.165, 1.54) is 5.56 Å². The van der Waals surface area contributed by atoms with Gasteiger partial charge in [0.05, 0.1) is 12.9 Å². The van der Waals surface area contributed by atoms with Crippen molar-refractivity contribution in [3.05, 3.63) is 29.8 Å². The third-order valence-electron chi connectivity index (χ3n) is 5.41. The average Bonchev–Trinajstić information content (AvgIpc) is 3.03. The number of para-hydroxylation sites is 1. The number of hydrogen-bond acceptors (Lipinski definition) is 7. The zero-order valence-electron chi connectivity index (χ0n) is 14.4. The second kappa shape index (κ2) is 6.85. The minimum absolute atomic E-state index is 0.115. The van der Waals surface area contributed by atoms with E-state index < -0.39 is 10.1 Å². The van der Waals surface area contributed by atoms with Crippen LogP contribution >= 0.6 is 0 Å². The van der Waals surface area contributed by atoms with Gasteiger partial charge in [-0.05, 0) is 24.8 Å². The first-order valence-electron chi connectivity index (χ1n) is 8.83. The molecule has 3 aliphatic rings. The molecule has 2 saturated heterocycles. The van der Waals surface area contributed by atoms with E-state index >= 15 is 0 Å². The van der Waals surface area contributed by atoms with E-state index in [0.29, 0.717) is 18.6 Å². The van der Waals surface area contributed by atoms with E-state index in [2.05, 4.69) is 21.3 Å². The van der Waals surface area contributed by atoms with Crippen LogP contribution in [0.3, 0.4) is 0 Å². The van der Waals surface area contributed by atoms with Crippen molar-refractivity contribution in [1.29, 1.82) is 0 Å². The van der Waals surface area contributed by atoms with Crippen molar-refractivity contribution in [2.45, 2.75) is 25.0 Å². The minimum atomic E-state index is -3.35. The summed E-state index contributed by atoms with van der Waals surface area (Å²) in [5.41, 5.74) is 4.35. The molecule has 1 aromatic rings. The monoisotopic (exact) mass is 367 g/mol. The van der Waals surface area contributed by atoms with Crippen LogP contribution < -0.4 is 10.3 Å². The number of hydrogen-bond donors (Lipinski definition) is 1. The number of benzene rings is 1. The highest BCUT2D eigenvalue weighted by Crippen LogP contribution is 2.35. The Bertz CT molecular complexity index is 726. The van der Waals surface area contributed by atoms with Crippen molar-refractivity contribution in [3.63, 3.8) is 0 Å². The zero-order chi connectivity index (χ0) is 17.4. The van der Waals surface area contributed by atoms with Crippen LogP contribution in [-0.4, -0.2) is 63.3 Å². The average molecular weight is 367 g/mol. The fraction of sp³-hybridized carbons (Fsp3) is 0.647. The highest BCUT2D eigenvalue weighted by Gasteiger charge is 2.38. The van der Waals surface area contributed by atoms with Crippen LogP contribution in [0.4, 0.5) is 0 Å². The third kappa shape index (κ3) is 3.83. The fourth-order valence-electron chi connectivity index (χ4n) is 4.13. The van der Waals surface area contributed by atoms with Gasteiger partial charge < -0.3 is 4.84 Å². The van der Waals surface area contributed by atoms with Gasteiger partial charge >= 0.3 is 0 Å². The van der Waals surface area contributed by atoms with Crippen molar-refractivity contribution in [2.24, 2.45) is 5.92 Å². The number of piperidine rings is 1. The summed E-state index contributed by atoms with van der Waals surface area (Å²) in [7, 11) is -3.35. The smallest absolute Gasteiger partial charge is 0.264 e. The maximum absolute atomic E-state index is 11.2. The summed E-state index contributed by atoms with van der Waals surface area (Å²) in [5, 5.41) is 0. The fourth-order valence-corrected chi connectivity index (χ4v) is 4.57. The van der Waals surface area contributed by atoms with Crippen molar-refractivity contribution in [3.8, 4) is 5.75 Å². The SMILES string of the molecule is CS(=O)(=O)OC[C@@H]1CC[C@H]2CN(C3NOc4ccccc43)CCN2C1. The summed E-state index contributed by atoms with van der Waals surface area (Å²) in [6.45, 7) is 4.16. The Morgan fingerprint density at radius 2 is 2.00 bits per heavy atom. The number of fused-ring (bicyclic) bond motifs is 2. The maximum Gasteiger partial charge on any atom is 0.264 e. The van der Waals surface area contributed by atoms with E-state index in [1.807, 2.05) is 18.2 Å². The van der Waals surface area contributed by atoms with Gasteiger partial charge in [-0.1, -0.05) is 18.2 Å². The first-order chi connectivity index (χ1) is 12.0. The molecule has 8 heteroatoms. The predicted octanol–water partition coefficient (Wildman–Crippen LogP) is 0.955. The molecule has 0 spiro atoms. The molecule has 25 heavy (non-hydrogen) atoms. The molecule has 1 unspecified atom stereocenters. The molecule has 3 atom stereocenters. The molecule has 0 bridgehead atoms. The maximum atomic E-state index is 11.2. The third-order valence-corrected chi connectivity index (χ3v) is 5.98. The van der Waals surface area contributed by atoms with E-state index in [4.69, 9.17) is 9.02 Å². The molecule has 1 N–H and O–H groups in total. The summed E-state index contributed by atoms with van der Waals surface area (Å²) < 4.78 is 27.4.